The van der Waals surface area contributed by atoms with Gasteiger partial charge in [-0.25, -0.2) is 0 Å². The van der Waals surface area contributed by atoms with Crippen molar-refractivity contribution in [3.05, 3.63) is 83.4 Å². The Bertz CT molecular complexity index is 995. The van der Waals surface area contributed by atoms with Crippen molar-refractivity contribution in [1.29, 1.82) is 0 Å². The average molecular weight is 423 g/mol. The highest BCUT2D eigenvalue weighted by Gasteiger charge is 2.41. The molecule has 3 aromatic rings. The molecule has 1 saturated heterocycles. The maximum atomic E-state index is 6.13. The van der Waals surface area contributed by atoms with Crippen molar-refractivity contribution in [2.45, 2.75) is 43.8 Å². The van der Waals surface area contributed by atoms with E-state index in [-0.39, 0.29) is 12.1 Å². The van der Waals surface area contributed by atoms with E-state index >= 15 is 0 Å². The summed E-state index contributed by atoms with van der Waals surface area (Å²) in [6, 6.07) is 16.8. The molecule has 2 aliphatic rings. The van der Waals surface area contributed by atoms with E-state index in [2.05, 4.69) is 44.3 Å². The van der Waals surface area contributed by atoms with Gasteiger partial charge in [-0.05, 0) is 73.1 Å². The van der Waals surface area contributed by atoms with Gasteiger partial charge in [-0.3, -0.25) is 4.98 Å². The summed E-state index contributed by atoms with van der Waals surface area (Å²) in [7, 11) is 0. The Morgan fingerprint density at radius 1 is 1.03 bits per heavy atom. The van der Waals surface area contributed by atoms with Crippen LogP contribution in [0.15, 0.2) is 67.1 Å². The first-order valence-electron chi connectivity index (χ1n) is 10.1. The van der Waals surface area contributed by atoms with Crippen molar-refractivity contribution in [2.24, 2.45) is 0 Å². The molecule has 0 bridgehead atoms. The van der Waals surface area contributed by atoms with Crippen LogP contribution in [0.4, 0.5) is 5.69 Å². The third-order valence-electron chi connectivity index (χ3n) is 6.03. The van der Waals surface area contributed by atoms with E-state index in [0.717, 1.165) is 16.4 Å². The number of halogens is 1. The van der Waals surface area contributed by atoms with Crippen LogP contribution in [0.5, 0.6) is 0 Å². The van der Waals surface area contributed by atoms with E-state index in [1.54, 1.807) is 0 Å². The monoisotopic (exact) mass is 422 g/mol. The normalized spacial score (nSPS) is 22.2. The Labute approximate surface area is 181 Å². The maximum absolute atomic E-state index is 6.13. The molecule has 0 amide bonds. The van der Waals surface area contributed by atoms with Crippen molar-refractivity contribution in [3.8, 4) is 0 Å². The third kappa shape index (κ3) is 3.53. The Balaban J connectivity index is 1.56. The molecule has 0 spiro atoms. The number of nitrogens with zero attached hydrogens (tertiary/aromatic N) is 3. The molecule has 6 heteroatoms. The number of rotatable bonds is 4. The first-order valence-corrected chi connectivity index (χ1v) is 10.9. The van der Waals surface area contributed by atoms with E-state index in [1.807, 2.05) is 42.6 Å². The Morgan fingerprint density at radius 2 is 1.83 bits per heavy atom. The van der Waals surface area contributed by atoms with Gasteiger partial charge in [0.1, 0.15) is 0 Å². The first kappa shape index (κ1) is 18.6. The molecule has 0 radical (unpaired) electrons. The van der Waals surface area contributed by atoms with Gasteiger partial charge >= 0.3 is 0 Å². The quantitative estimate of drug-likeness (QED) is 0.536. The summed E-state index contributed by atoms with van der Waals surface area (Å²) >= 11 is 11.9. The number of nitrogens with one attached hydrogen (secondary N) is 1. The Morgan fingerprint density at radius 3 is 2.55 bits per heavy atom. The standard InChI is InChI=1S/C23H23ClN4S/c24-17-8-10-19(11-9-17)28-22(16-12-14-27(15-16)18-5-1-2-6-18)21(26-23(28)29)20-7-3-4-13-25-20/h3-4,7-15,18,21-22H,1-2,5-6H2,(H,26,29)/t21-,22-/m1/s1. The number of anilines is 1. The predicted octanol–water partition coefficient (Wildman–Crippen LogP) is 5.83. The van der Waals surface area contributed by atoms with Crippen LogP contribution in [0, 0.1) is 0 Å². The van der Waals surface area contributed by atoms with Crippen LogP contribution < -0.4 is 10.2 Å². The summed E-state index contributed by atoms with van der Waals surface area (Å²) in [5.41, 5.74) is 3.27. The fourth-order valence-electron chi connectivity index (χ4n) is 4.61. The van der Waals surface area contributed by atoms with Crippen molar-refractivity contribution in [1.82, 2.24) is 14.9 Å². The van der Waals surface area contributed by atoms with Crippen LogP contribution >= 0.6 is 23.8 Å². The molecule has 3 heterocycles. The SMILES string of the molecule is S=C1N[C@H](c2ccccn2)[C@@H](c2ccn(C3CCCC3)c2)N1c1ccc(Cl)cc1. The molecule has 2 aromatic heterocycles. The van der Waals surface area contributed by atoms with Gasteiger partial charge in [0.15, 0.2) is 5.11 Å². The minimum absolute atomic E-state index is 0.0150. The molecule has 2 atom stereocenters. The molecular formula is C23H23ClN4S. The second kappa shape index (κ2) is 7.81. The zero-order chi connectivity index (χ0) is 19.8. The summed E-state index contributed by atoms with van der Waals surface area (Å²) in [5.74, 6) is 0. The van der Waals surface area contributed by atoms with Gasteiger partial charge in [0, 0.05) is 35.3 Å². The lowest BCUT2D eigenvalue weighted by Gasteiger charge is -2.27. The van der Waals surface area contributed by atoms with Crippen LogP contribution in [-0.2, 0) is 0 Å². The molecule has 1 N–H and O–H groups in total. The lowest BCUT2D eigenvalue weighted by Crippen LogP contribution is -2.29. The van der Waals surface area contributed by atoms with Crippen LogP contribution in [-0.4, -0.2) is 14.7 Å². The van der Waals surface area contributed by atoms with Crippen molar-refractivity contribution in [2.75, 3.05) is 4.90 Å². The fourth-order valence-corrected chi connectivity index (χ4v) is 5.08. The third-order valence-corrected chi connectivity index (χ3v) is 6.59. The second-order valence-electron chi connectivity index (χ2n) is 7.80. The molecule has 1 aliphatic carbocycles. The second-order valence-corrected chi connectivity index (χ2v) is 8.63. The smallest absolute Gasteiger partial charge is 0.174 e. The summed E-state index contributed by atoms with van der Waals surface area (Å²) in [4.78, 5) is 6.81. The number of pyridine rings is 1. The summed E-state index contributed by atoms with van der Waals surface area (Å²) < 4.78 is 2.39. The van der Waals surface area contributed by atoms with Crippen LogP contribution in [0.2, 0.25) is 5.02 Å². The largest absolute Gasteiger partial charge is 0.351 e. The number of hydrogen-bond donors (Lipinski definition) is 1. The zero-order valence-corrected chi connectivity index (χ0v) is 17.6. The van der Waals surface area contributed by atoms with Gasteiger partial charge in [0.25, 0.3) is 0 Å². The molecule has 1 saturated carbocycles. The minimum Gasteiger partial charge on any atom is -0.351 e. The topological polar surface area (TPSA) is 33.1 Å². The number of aromatic nitrogens is 2. The molecule has 1 aromatic carbocycles. The fraction of sp³-hybridized carbons (Fsp3) is 0.304. The molecule has 1 aliphatic heterocycles. The van der Waals surface area contributed by atoms with Crippen LogP contribution in [0.25, 0.3) is 0 Å². The highest BCUT2D eigenvalue weighted by atomic mass is 35.5. The summed E-state index contributed by atoms with van der Waals surface area (Å²) in [5, 5.41) is 4.94. The molecule has 148 valence electrons. The highest BCUT2D eigenvalue weighted by Crippen LogP contribution is 2.42. The van der Waals surface area contributed by atoms with Crippen LogP contribution in [0.3, 0.4) is 0 Å². The van der Waals surface area contributed by atoms with E-state index in [9.17, 15) is 0 Å². The van der Waals surface area contributed by atoms with Crippen LogP contribution in [0.1, 0.15) is 55.1 Å². The lowest BCUT2D eigenvalue weighted by atomic mass is 9.98. The molecule has 0 unspecified atom stereocenters. The number of thiocarbonyl (C=S) groups is 1. The predicted molar refractivity (Wildman–Crippen MR) is 121 cm³/mol. The number of benzene rings is 1. The molecule has 2 fully saturated rings. The maximum Gasteiger partial charge on any atom is 0.174 e. The van der Waals surface area contributed by atoms with Crippen molar-refractivity contribution >= 4 is 34.6 Å². The van der Waals surface area contributed by atoms with Gasteiger partial charge in [-0.2, -0.15) is 0 Å². The first-order chi connectivity index (χ1) is 14.2. The summed E-state index contributed by atoms with van der Waals surface area (Å²) in [6.07, 6.45) is 11.5. The number of hydrogen-bond acceptors (Lipinski definition) is 2. The van der Waals surface area contributed by atoms with Gasteiger partial charge in [0.05, 0.1) is 17.8 Å². The van der Waals surface area contributed by atoms with E-state index in [1.165, 1.54) is 31.2 Å². The average Bonchev–Trinajstić information content (AvgIpc) is 3.49. The van der Waals surface area contributed by atoms with Gasteiger partial charge in [0.2, 0.25) is 0 Å². The van der Waals surface area contributed by atoms with E-state index < -0.39 is 0 Å². The minimum atomic E-state index is -0.0150. The van der Waals surface area contributed by atoms with E-state index in [4.69, 9.17) is 23.8 Å². The van der Waals surface area contributed by atoms with Gasteiger partial charge < -0.3 is 14.8 Å². The van der Waals surface area contributed by atoms with Gasteiger partial charge in [-0.1, -0.05) is 30.5 Å². The molecule has 5 rings (SSSR count). The molecule has 29 heavy (non-hydrogen) atoms. The Kier molecular flexibility index (Phi) is 5.02. The van der Waals surface area contributed by atoms with Crippen molar-refractivity contribution < 1.29 is 0 Å². The Hall–Kier alpha value is -2.37. The highest BCUT2D eigenvalue weighted by molar-refractivity contribution is 7.80. The zero-order valence-electron chi connectivity index (χ0n) is 16.0. The molecular weight excluding hydrogens is 400 g/mol. The van der Waals surface area contributed by atoms with Gasteiger partial charge in [-0.15, -0.1) is 0 Å². The molecule has 4 nitrogen and oxygen atoms in total. The summed E-state index contributed by atoms with van der Waals surface area (Å²) in [6.45, 7) is 0. The lowest BCUT2D eigenvalue weighted by molar-refractivity contribution is 0.515. The van der Waals surface area contributed by atoms with E-state index in [0.29, 0.717) is 11.2 Å². The van der Waals surface area contributed by atoms with Crippen molar-refractivity contribution in [3.63, 3.8) is 0 Å².